The molecule has 4 aromatic rings. The van der Waals surface area contributed by atoms with E-state index in [4.69, 9.17) is 9.40 Å². The van der Waals surface area contributed by atoms with E-state index in [2.05, 4.69) is 64.1 Å². The van der Waals surface area contributed by atoms with E-state index in [0.717, 1.165) is 64.8 Å². The number of pyridine rings is 1. The molecule has 0 saturated carbocycles. The molecule has 4 nitrogen and oxygen atoms in total. The maximum atomic E-state index is 11.7. The second kappa shape index (κ2) is 14.9. The third-order valence-electron chi connectivity index (χ3n) is 7.95. The van der Waals surface area contributed by atoms with Crippen molar-refractivity contribution in [3.05, 3.63) is 77.3 Å². The molecular weight excluding hydrogens is 687 g/mol. The summed E-state index contributed by atoms with van der Waals surface area (Å²) in [5.74, 6) is 1.48. The SMILES string of the molecule is CCC(CC)C(=O)/C=C(\O)C(CC)CC.Cc1oc2ccc(-c3[c-]c4ccccc4c(C(C)(C)C)c3)nc2c1C.[Ir]. The number of hydrogen-bond donors (Lipinski definition) is 1. The molecule has 0 amide bonds. The van der Waals surface area contributed by atoms with Gasteiger partial charge in [-0.2, -0.15) is 0 Å². The van der Waals surface area contributed by atoms with E-state index in [1.54, 1.807) is 0 Å². The number of furan rings is 1. The van der Waals surface area contributed by atoms with Gasteiger partial charge in [-0.1, -0.05) is 83.7 Å². The van der Waals surface area contributed by atoms with Crippen LogP contribution in [0.5, 0.6) is 0 Å². The first kappa shape index (κ1) is 34.5. The van der Waals surface area contributed by atoms with Gasteiger partial charge in [-0.15, -0.1) is 29.1 Å². The van der Waals surface area contributed by atoms with Gasteiger partial charge in [0.25, 0.3) is 0 Å². The predicted molar refractivity (Wildman–Crippen MR) is 168 cm³/mol. The van der Waals surface area contributed by atoms with Gasteiger partial charge in [0, 0.05) is 49.3 Å². The number of aryl methyl sites for hydroxylation is 2. The zero-order valence-corrected chi connectivity index (χ0v) is 28.5. The number of nitrogens with zero attached hydrogens (tertiary/aromatic N) is 1. The number of aliphatic hydroxyl groups is 1. The Hall–Kier alpha value is -2.75. The zero-order valence-electron chi connectivity index (χ0n) is 26.1. The first-order valence-electron chi connectivity index (χ1n) is 14.7. The summed E-state index contributed by atoms with van der Waals surface area (Å²) in [6.45, 7) is 18.9. The van der Waals surface area contributed by atoms with E-state index >= 15 is 0 Å². The summed E-state index contributed by atoms with van der Waals surface area (Å²) >= 11 is 0. The van der Waals surface area contributed by atoms with E-state index in [0.29, 0.717) is 0 Å². The van der Waals surface area contributed by atoms with Crippen molar-refractivity contribution >= 4 is 27.7 Å². The monoisotopic (exact) mass is 733 g/mol. The van der Waals surface area contributed by atoms with E-state index in [-0.39, 0.29) is 48.9 Å². The van der Waals surface area contributed by atoms with Gasteiger partial charge in [-0.05, 0) is 51.0 Å². The number of carbonyl (C=O) groups is 1. The number of hydrogen-bond acceptors (Lipinski definition) is 4. The fraction of sp³-hybridized carbons (Fsp3) is 0.444. The average molecular weight is 733 g/mol. The molecule has 0 bridgehead atoms. The minimum atomic E-state index is 0. The third kappa shape index (κ3) is 8.17. The molecule has 0 fully saturated rings. The van der Waals surface area contributed by atoms with Crippen LogP contribution in [0.25, 0.3) is 33.1 Å². The van der Waals surface area contributed by atoms with Crippen molar-refractivity contribution in [2.45, 2.75) is 93.4 Å². The molecule has 2 aromatic carbocycles. The Morgan fingerprint density at radius 2 is 1.59 bits per heavy atom. The van der Waals surface area contributed by atoms with Crippen LogP contribution in [0.1, 0.15) is 91.0 Å². The molecule has 0 aliphatic rings. The fourth-order valence-corrected chi connectivity index (χ4v) is 5.12. The molecule has 0 unspecified atom stereocenters. The molecule has 0 aliphatic carbocycles. The van der Waals surface area contributed by atoms with Crippen LogP contribution >= 0.6 is 0 Å². The molecule has 0 aliphatic heterocycles. The second-order valence-electron chi connectivity index (χ2n) is 11.7. The Labute approximate surface area is 260 Å². The Morgan fingerprint density at radius 3 is 2.17 bits per heavy atom. The van der Waals surface area contributed by atoms with Crippen molar-refractivity contribution in [3.8, 4) is 11.3 Å². The van der Waals surface area contributed by atoms with Crippen LogP contribution in [0.4, 0.5) is 0 Å². The second-order valence-corrected chi connectivity index (χ2v) is 11.7. The molecule has 1 radical (unpaired) electrons. The molecule has 5 heteroatoms. The first-order valence-corrected chi connectivity index (χ1v) is 14.7. The Morgan fingerprint density at radius 1 is 0.976 bits per heavy atom. The summed E-state index contributed by atoms with van der Waals surface area (Å²) < 4.78 is 5.77. The number of fused-ring (bicyclic) bond motifs is 2. The summed E-state index contributed by atoms with van der Waals surface area (Å²) in [6, 6.07) is 18.3. The molecule has 2 heterocycles. The molecule has 0 spiro atoms. The normalized spacial score (nSPS) is 12.0. The smallest absolute Gasteiger partial charge is 0.162 e. The van der Waals surface area contributed by atoms with E-state index in [1.807, 2.05) is 46.8 Å². The Bertz CT molecular complexity index is 1480. The van der Waals surface area contributed by atoms with Gasteiger partial charge in [0.1, 0.15) is 11.3 Å². The quantitative estimate of drug-likeness (QED) is 0.111. The number of benzene rings is 2. The molecule has 4 rings (SSSR count). The van der Waals surface area contributed by atoms with Crippen LogP contribution in [0.3, 0.4) is 0 Å². The maximum absolute atomic E-state index is 11.7. The summed E-state index contributed by atoms with van der Waals surface area (Å²) in [5, 5.41) is 12.2. The zero-order chi connectivity index (χ0) is 29.6. The van der Waals surface area contributed by atoms with Crippen LogP contribution in [0.15, 0.2) is 58.7 Å². The predicted octanol–water partition coefficient (Wildman–Crippen LogP) is 10.2. The van der Waals surface area contributed by atoms with Crippen molar-refractivity contribution < 1.29 is 34.4 Å². The van der Waals surface area contributed by atoms with Crippen LogP contribution in [0.2, 0.25) is 0 Å². The Kier molecular flexibility index (Phi) is 12.5. The average Bonchev–Trinajstić information content (AvgIpc) is 3.21. The Balaban J connectivity index is 0.000000320. The molecule has 223 valence electrons. The fourth-order valence-electron chi connectivity index (χ4n) is 5.12. The van der Waals surface area contributed by atoms with Gasteiger partial charge < -0.3 is 9.52 Å². The van der Waals surface area contributed by atoms with Crippen LogP contribution in [-0.2, 0) is 30.3 Å². The van der Waals surface area contributed by atoms with Gasteiger partial charge in [0.15, 0.2) is 11.4 Å². The molecule has 41 heavy (non-hydrogen) atoms. The van der Waals surface area contributed by atoms with E-state index < -0.39 is 0 Å². The van der Waals surface area contributed by atoms with Crippen LogP contribution in [0, 0.1) is 31.7 Å². The van der Waals surface area contributed by atoms with Crippen molar-refractivity contribution in [2.75, 3.05) is 0 Å². The first-order chi connectivity index (χ1) is 18.9. The molecule has 0 atom stereocenters. The van der Waals surface area contributed by atoms with E-state index in [1.165, 1.54) is 17.0 Å². The molecular formula is C36H46IrNO3-. The van der Waals surface area contributed by atoms with Crippen molar-refractivity contribution in [2.24, 2.45) is 11.8 Å². The minimum Gasteiger partial charge on any atom is -0.512 e. The number of aromatic nitrogens is 1. The molecule has 0 saturated heterocycles. The van der Waals surface area contributed by atoms with Gasteiger partial charge in [-0.3, -0.25) is 9.78 Å². The van der Waals surface area contributed by atoms with E-state index in [9.17, 15) is 9.90 Å². The van der Waals surface area contributed by atoms with Crippen molar-refractivity contribution in [3.63, 3.8) is 0 Å². The third-order valence-corrected chi connectivity index (χ3v) is 7.95. The van der Waals surface area contributed by atoms with Crippen LogP contribution in [-0.4, -0.2) is 15.9 Å². The number of aliphatic hydroxyl groups excluding tert-OH is 1. The molecule has 2 aromatic heterocycles. The summed E-state index contributed by atoms with van der Waals surface area (Å²) in [4.78, 5) is 16.6. The largest absolute Gasteiger partial charge is 0.512 e. The van der Waals surface area contributed by atoms with Gasteiger partial charge >= 0.3 is 0 Å². The van der Waals surface area contributed by atoms with Gasteiger partial charge in [0.05, 0.1) is 5.76 Å². The summed E-state index contributed by atoms with van der Waals surface area (Å²) in [6.07, 6.45) is 4.91. The number of rotatable bonds is 8. The van der Waals surface area contributed by atoms with Crippen molar-refractivity contribution in [1.82, 2.24) is 4.98 Å². The van der Waals surface area contributed by atoms with Crippen molar-refractivity contribution in [1.29, 1.82) is 0 Å². The number of allylic oxidation sites excluding steroid dienone is 2. The maximum Gasteiger partial charge on any atom is 0.162 e. The summed E-state index contributed by atoms with van der Waals surface area (Å²) in [5.41, 5.74) is 6.23. The topological polar surface area (TPSA) is 63.3 Å². The number of carbonyl (C=O) groups excluding carboxylic acids is 1. The molecule has 1 N–H and O–H groups in total. The standard InChI is InChI=1S/C23H22NO.C13H24O2.Ir/c1-14-15(2)25-21-11-10-20(24-22(14)21)17-12-16-8-6-7-9-18(16)19(13-17)23(3,4)5;1-5-10(6-2)12(14)9-13(15)11(7-3)8-4;/h6-11,13H,1-5H3;9-11,14H,5-8H2,1-4H3;/q-1;;/b;12-9-;. The van der Waals surface area contributed by atoms with Gasteiger partial charge in [-0.25, -0.2) is 0 Å². The van der Waals surface area contributed by atoms with Crippen LogP contribution < -0.4 is 0 Å². The minimum absolute atomic E-state index is 0. The summed E-state index contributed by atoms with van der Waals surface area (Å²) in [7, 11) is 0. The number of ketones is 1. The van der Waals surface area contributed by atoms with Gasteiger partial charge in [0.2, 0.25) is 0 Å².